The van der Waals surface area contributed by atoms with Crippen LogP contribution in [0.4, 0.5) is 5.82 Å². The van der Waals surface area contributed by atoms with Gasteiger partial charge in [-0.15, -0.1) is 10.2 Å². The first-order valence-electron chi connectivity index (χ1n) is 8.67. The second kappa shape index (κ2) is 7.60. The SMILES string of the molecule is CN(c1ccc(Cl)nn1)C1CCN(CC2CCCCC2)CC1. The van der Waals surface area contributed by atoms with Crippen molar-refractivity contribution >= 4 is 17.4 Å². The van der Waals surface area contributed by atoms with Gasteiger partial charge < -0.3 is 9.80 Å². The van der Waals surface area contributed by atoms with Gasteiger partial charge in [0.2, 0.25) is 0 Å². The molecule has 2 aliphatic rings. The molecule has 0 unspecified atom stereocenters. The highest BCUT2D eigenvalue weighted by Crippen LogP contribution is 2.26. The molecule has 22 heavy (non-hydrogen) atoms. The van der Waals surface area contributed by atoms with Crippen LogP contribution >= 0.6 is 11.6 Å². The van der Waals surface area contributed by atoms with Gasteiger partial charge in [-0.25, -0.2) is 0 Å². The Morgan fingerprint density at radius 3 is 2.45 bits per heavy atom. The second-order valence-corrected chi connectivity index (χ2v) is 7.25. The number of rotatable bonds is 4. The number of anilines is 1. The van der Waals surface area contributed by atoms with Gasteiger partial charge in [0.05, 0.1) is 0 Å². The Bertz CT molecular complexity index is 450. The molecule has 1 aromatic rings. The zero-order chi connectivity index (χ0) is 15.4. The van der Waals surface area contributed by atoms with E-state index in [1.54, 1.807) is 0 Å². The average Bonchev–Trinajstić information content (AvgIpc) is 2.57. The lowest BCUT2D eigenvalue weighted by Gasteiger charge is -2.38. The van der Waals surface area contributed by atoms with Crippen LogP contribution in [0.3, 0.4) is 0 Å². The molecule has 1 saturated heterocycles. The third kappa shape index (κ3) is 4.11. The van der Waals surface area contributed by atoms with E-state index in [0.717, 1.165) is 11.7 Å². The summed E-state index contributed by atoms with van der Waals surface area (Å²) < 4.78 is 0. The number of hydrogen-bond acceptors (Lipinski definition) is 4. The lowest BCUT2D eigenvalue weighted by molar-refractivity contribution is 0.163. The van der Waals surface area contributed by atoms with Gasteiger partial charge >= 0.3 is 0 Å². The van der Waals surface area contributed by atoms with Crippen LogP contribution in [-0.2, 0) is 0 Å². The minimum absolute atomic E-state index is 0.458. The first kappa shape index (κ1) is 16.0. The summed E-state index contributed by atoms with van der Waals surface area (Å²) in [6.07, 6.45) is 9.66. The standard InChI is InChI=1S/C17H27ClN4/c1-21(17-8-7-16(18)19-20-17)15-9-11-22(12-10-15)13-14-5-3-2-4-6-14/h7-8,14-15H,2-6,9-13H2,1H3. The van der Waals surface area contributed by atoms with Crippen LogP contribution in [0, 0.1) is 5.92 Å². The van der Waals surface area contributed by atoms with Crippen molar-refractivity contribution in [3.05, 3.63) is 17.3 Å². The van der Waals surface area contributed by atoms with Crippen molar-refractivity contribution in [3.63, 3.8) is 0 Å². The van der Waals surface area contributed by atoms with E-state index in [2.05, 4.69) is 27.0 Å². The predicted octanol–water partition coefficient (Wildman–Crippen LogP) is 3.61. The Hall–Kier alpha value is -0.870. The molecular weight excluding hydrogens is 296 g/mol. The Morgan fingerprint density at radius 1 is 1.09 bits per heavy atom. The van der Waals surface area contributed by atoms with E-state index in [1.165, 1.54) is 64.6 Å². The summed E-state index contributed by atoms with van der Waals surface area (Å²) in [6, 6.07) is 4.35. The zero-order valence-corrected chi connectivity index (χ0v) is 14.3. The Morgan fingerprint density at radius 2 is 1.82 bits per heavy atom. The molecule has 0 amide bonds. The van der Waals surface area contributed by atoms with Crippen LogP contribution in [-0.4, -0.2) is 47.8 Å². The second-order valence-electron chi connectivity index (χ2n) is 6.86. The first-order chi connectivity index (χ1) is 10.7. The Balaban J connectivity index is 1.47. The molecule has 0 radical (unpaired) electrons. The molecule has 1 aliphatic carbocycles. The zero-order valence-electron chi connectivity index (χ0n) is 13.5. The maximum absolute atomic E-state index is 5.82. The fourth-order valence-corrected chi connectivity index (χ4v) is 4.01. The highest BCUT2D eigenvalue weighted by molar-refractivity contribution is 6.29. The van der Waals surface area contributed by atoms with E-state index < -0.39 is 0 Å². The van der Waals surface area contributed by atoms with Gasteiger partial charge in [-0.3, -0.25) is 0 Å². The summed E-state index contributed by atoms with van der Waals surface area (Å²) in [5, 5.41) is 8.60. The molecule has 5 heteroatoms. The minimum Gasteiger partial charge on any atom is -0.355 e. The summed E-state index contributed by atoms with van der Waals surface area (Å²) in [5.74, 6) is 1.88. The molecule has 2 heterocycles. The first-order valence-corrected chi connectivity index (χ1v) is 9.04. The van der Waals surface area contributed by atoms with Crippen LogP contribution in [0.2, 0.25) is 5.15 Å². The molecule has 0 bridgehead atoms. The fraction of sp³-hybridized carbons (Fsp3) is 0.765. The van der Waals surface area contributed by atoms with E-state index in [4.69, 9.17) is 11.6 Å². The van der Waals surface area contributed by atoms with Gasteiger partial charge in [0.15, 0.2) is 11.0 Å². The van der Waals surface area contributed by atoms with Crippen LogP contribution < -0.4 is 4.90 Å². The predicted molar refractivity (Wildman–Crippen MR) is 91.5 cm³/mol. The van der Waals surface area contributed by atoms with E-state index in [-0.39, 0.29) is 0 Å². The van der Waals surface area contributed by atoms with E-state index in [9.17, 15) is 0 Å². The maximum atomic E-state index is 5.82. The number of hydrogen-bond donors (Lipinski definition) is 0. The van der Waals surface area contributed by atoms with Gasteiger partial charge in [0.25, 0.3) is 0 Å². The van der Waals surface area contributed by atoms with Gasteiger partial charge in [-0.05, 0) is 43.7 Å². The summed E-state index contributed by atoms with van der Waals surface area (Å²) >= 11 is 5.82. The Labute approximate surface area is 138 Å². The third-order valence-corrected chi connectivity index (χ3v) is 5.53. The number of likely N-dealkylation sites (tertiary alicyclic amines) is 1. The quantitative estimate of drug-likeness (QED) is 0.847. The smallest absolute Gasteiger partial charge is 0.151 e. The van der Waals surface area contributed by atoms with Crippen molar-refractivity contribution in [1.29, 1.82) is 0 Å². The normalized spacial score (nSPS) is 21.9. The fourth-order valence-electron chi connectivity index (χ4n) is 3.91. The molecule has 3 rings (SSSR count). The van der Waals surface area contributed by atoms with Gasteiger partial charge in [-0.1, -0.05) is 30.9 Å². The summed E-state index contributed by atoms with van der Waals surface area (Å²) in [4.78, 5) is 4.94. The molecule has 0 aromatic carbocycles. The maximum Gasteiger partial charge on any atom is 0.151 e. The molecule has 1 aromatic heterocycles. The topological polar surface area (TPSA) is 32.3 Å². The van der Waals surface area contributed by atoms with Gasteiger partial charge in [-0.2, -0.15) is 0 Å². The number of aromatic nitrogens is 2. The van der Waals surface area contributed by atoms with Crippen LogP contribution in [0.25, 0.3) is 0 Å². The van der Waals surface area contributed by atoms with Crippen LogP contribution in [0.1, 0.15) is 44.9 Å². The molecule has 4 nitrogen and oxygen atoms in total. The molecule has 0 spiro atoms. The lowest BCUT2D eigenvalue weighted by Crippen LogP contribution is -2.45. The summed E-state index contributed by atoms with van der Waals surface area (Å²) in [6.45, 7) is 3.75. The molecule has 1 aliphatic heterocycles. The van der Waals surface area contributed by atoms with E-state index in [0.29, 0.717) is 11.2 Å². The summed E-state index contributed by atoms with van der Waals surface area (Å²) in [7, 11) is 2.12. The van der Waals surface area contributed by atoms with Crippen molar-refractivity contribution in [2.24, 2.45) is 5.92 Å². The van der Waals surface area contributed by atoms with Crippen molar-refractivity contribution in [3.8, 4) is 0 Å². The average molecular weight is 323 g/mol. The molecule has 122 valence electrons. The van der Waals surface area contributed by atoms with E-state index >= 15 is 0 Å². The number of halogens is 1. The van der Waals surface area contributed by atoms with E-state index in [1.807, 2.05) is 12.1 Å². The molecule has 0 N–H and O–H groups in total. The minimum atomic E-state index is 0.458. The van der Waals surface area contributed by atoms with Crippen molar-refractivity contribution in [2.45, 2.75) is 51.0 Å². The third-order valence-electron chi connectivity index (χ3n) is 5.33. The molecule has 0 atom stereocenters. The molecule has 1 saturated carbocycles. The van der Waals surface area contributed by atoms with Crippen LogP contribution in [0.15, 0.2) is 12.1 Å². The Kier molecular flexibility index (Phi) is 5.53. The number of piperidine rings is 1. The monoisotopic (exact) mass is 322 g/mol. The highest BCUT2D eigenvalue weighted by Gasteiger charge is 2.25. The lowest BCUT2D eigenvalue weighted by atomic mass is 9.88. The largest absolute Gasteiger partial charge is 0.355 e. The van der Waals surface area contributed by atoms with Gasteiger partial charge in [0, 0.05) is 32.7 Å². The highest BCUT2D eigenvalue weighted by atomic mass is 35.5. The molecule has 2 fully saturated rings. The van der Waals surface area contributed by atoms with Crippen LogP contribution in [0.5, 0.6) is 0 Å². The summed E-state index contributed by atoms with van der Waals surface area (Å²) in [5.41, 5.74) is 0. The van der Waals surface area contributed by atoms with Crippen molar-refractivity contribution in [1.82, 2.24) is 15.1 Å². The number of nitrogens with zero attached hydrogens (tertiary/aromatic N) is 4. The molecular formula is C17H27ClN4. The van der Waals surface area contributed by atoms with Crippen molar-refractivity contribution in [2.75, 3.05) is 31.6 Å². The van der Waals surface area contributed by atoms with Gasteiger partial charge in [0.1, 0.15) is 0 Å². The van der Waals surface area contributed by atoms with Crippen molar-refractivity contribution < 1.29 is 0 Å².